The SMILES string of the molecule is CCCCCCCCC[C@@H]1CC(=O)OC[C@H]2O[C@@H](O[C@H](CCCCCCCCC)CC(=O)OC[C@H]3O[C@@H](O[C@H](CCCCCCCCC)CC(=O)OC[C@H]4O[C@@H](O1)[C@H](OCc1ccccc1)[C@@H](OCc1ccccc1)[C@H]4OCc1ccccc1)[C@H](OCc1ccccc1)[C@@H](OCc1ccccc1)[C@H]3OCc1ccccc1)[C@H](OCc1ccccc1)[C@@H](OCc1ccccc1)[C@H]2OCc1ccccc1. The van der Waals surface area contributed by atoms with Crippen LogP contribution in [0, 0.1) is 0 Å². The van der Waals surface area contributed by atoms with Crippen LogP contribution in [0.25, 0.3) is 0 Å². The number of cyclic esters (lactones) is 3. The zero-order valence-corrected chi connectivity index (χ0v) is 81.5. The molecule has 21 heteroatoms. The van der Waals surface area contributed by atoms with Gasteiger partial charge in [-0.25, -0.2) is 0 Å². The van der Waals surface area contributed by atoms with Crippen molar-refractivity contribution in [2.75, 3.05) is 19.8 Å². The molecule has 0 saturated carbocycles. The van der Waals surface area contributed by atoms with Gasteiger partial charge in [0.25, 0.3) is 0 Å². The fraction of sp³-hybridized carbons (Fsp3) is 0.513. The molecule has 4 heterocycles. The van der Waals surface area contributed by atoms with Gasteiger partial charge in [-0.05, 0) is 69.3 Å². The average Bonchev–Trinajstić information content (AvgIpc) is 0.805. The molecule has 9 aromatic rings. The minimum atomic E-state index is -1.29. The van der Waals surface area contributed by atoms with E-state index in [0.29, 0.717) is 38.5 Å². The molecule has 21 nitrogen and oxygen atoms in total. The largest absolute Gasteiger partial charge is 0.463 e. The van der Waals surface area contributed by atoms with E-state index in [4.69, 9.17) is 85.3 Å². The van der Waals surface area contributed by atoms with E-state index in [2.05, 4.69) is 20.8 Å². The summed E-state index contributed by atoms with van der Waals surface area (Å²) in [6, 6.07) is 89.1. The highest BCUT2D eigenvalue weighted by Crippen LogP contribution is 2.39. The van der Waals surface area contributed by atoms with E-state index >= 15 is 14.4 Å². The summed E-state index contributed by atoms with van der Waals surface area (Å²) in [6.07, 6.45) is 2.71. The molecule has 0 amide bonds. The Hall–Kier alpha value is -9.21. The van der Waals surface area contributed by atoms with Gasteiger partial charge in [0.1, 0.15) is 93.1 Å². The summed E-state index contributed by atoms with van der Waals surface area (Å²) in [6.45, 7) is 6.64. The summed E-state index contributed by atoms with van der Waals surface area (Å²) in [4.78, 5) is 47.4. The lowest BCUT2D eigenvalue weighted by molar-refractivity contribution is -0.337. The molecule has 9 aromatic carbocycles. The minimum Gasteiger partial charge on any atom is -0.463 e. The molecule has 0 radical (unpaired) electrons. The first-order valence-electron chi connectivity index (χ1n) is 51.4. The van der Waals surface area contributed by atoms with E-state index in [1.165, 1.54) is 0 Å². The van der Waals surface area contributed by atoms with E-state index in [1.54, 1.807) is 0 Å². The number of carbonyl (C=O) groups excluding carboxylic acids is 3. The maximum atomic E-state index is 15.8. The maximum absolute atomic E-state index is 15.8. The average molecular weight is 1890 g/mol. The Morgan fingerprint density at radius 3 is 0.558 bits per heavy atom. The Labute approximate surface area is 819 Å². The van der Waals surface area contributed by atoms with Gasteiger partial charge in [0, 0.05) is 0 Å². The van der Waals surface area contributed by atoms with Crippen molar-refractivity contribution in [1.29, 1.82) is 0 Å². The molecule has 0 aromatic heterocycles. The summed E-state index contributed by atoms with van der Waals surface area (Å²) in [7, 11) is 0. The molecule has 13 rings (SSSR count). The first-order chi connectivity index (χ1) is 68.1. The number of rotatable bonds is 51. The molecule has 0 spiro atoms. The third-order valence-corrected chi connectivity index (χ3v) is 26.1. The van der Waals surface area contributed by atoms with Crippen molar-refractivity contribution in [2.45, 2.75) is 364 Å². The Morgan fingerprint density at radius 1 is 0.203 bits per heavy atom. The highest BCUT2D eigenvalue weighted by molar-refractivity contribution is 5.71. The number of hydrogen-bond donors (Lipinski definition) is 0. The van der Waals surface area contributed by atoms with Crippen LogP contribution in [0.1, 0.15) is 244 Å². The molecular weight excluding hydrogens is 1740 g/mol. The number of fused-ring (bicyclic) bond motifs is 6. The second-order valence-corrected chi connectivity index (χ2v) is 37.1. The molecule has 4 aliphatic heterocycles. The van der Waals surface area contributed by atoms with Crippen LogP contribution in [0.15, 0.2) is 273 Å². The van der Waals surface area contributed by atoms with Gasteiger partial charge in [0.05, 0.1) is 97.0 Å². The van der Waals surface area contributed by atoms with Crippen molar-refractivity contribution < 1.29 is 99.6 Å². The van der Waals surface area contributed by atoms with E-state index in [9.17, 15) is 0 Å². The summed E-state index contributed by atoms with van der Waals surface area (Å²) >= 11 is 0. The highest BCUT2D eigenvalue weighted by atomic mass is 16.8. The second-order valence-electron chi connectivity index (χ2n) is 37.1. The van der Waals surface area contributed by atoms with Gasteiger partial charge in [0.15, 0.2) is 18.9 Å². The van der Waals surface area contributed by atoms with Crippen LogP contribution in [0.2, 0.25) is 0 Å². The number of benzene rings is 9. The molecular formula is C117H150O21. The van der Waals surface area contributed by atoms with Crippen molar-refractivity contribution in [3.05, 3.63) is 323 Å². The van der Waals surface area contributed by atoms with Crippen LogP contribution in [0.4, 0.5) is 0 Å². The maximum Gasteiger partial charge on any atom is 0.308 e. The molecule has 18 atom stereocenters. The van der Waals surface area contributed by atoms with Gasteiger partial charge in [-0.15, -0.1) is 0 Å². The molecule has 0 unspecified atom stereocenters. The Balaban J connectivity index is 0.947. The first kappa shape index (κ1) is 106. The summed E-state index contributed by atoms with van der Waals surface area (Å²) in [5.74, 6) is -1.77. The van der Waals surface area contributed by atoms with E-state index in [-0.39, 0.29) is 98.5 Å². The molecule has 138 heavy (non-hydrogen) atoms. The second kappa shape index (κ2) is 61.5. The number of carbonyl (C=O) groups is 3. The Kier molecular flexibility index (Phi) is 47.3. The van der Waals surface area contributed by atoms with Gasteiger partial charge >= 0.3 is 17.9 Å². The predicted molar refractivity (Wildman–Crippen MR) is 530 cm³/mol. The van der Waals surface area contributed by atoms with Crippen molar-refractivity contribution in [2.24, 2.45) is 0 Å². The van der Waals surface area contributed by atoms with Crippen LogP contribution >= 0.6 is 0 Å². The standard InChI is InChI=1S/C117H150O21/c1-4-7-10-13-16-19-49-70-97-73-103(118)121-85-101-107(125-77-89-54-33-23-34-55-89)110(128-80-92-60-39-26-40-61-92)113(131-83-95-66-45-29-46-67-95)116(137-101)134-99(72-51-21-18-15-12-9-6-3)75-105(120)123-87-102-108(126-78-90-56-35-24-36-57-90)111(129-81-93-62-41-27-42-63-93)114(132-84-96-68-47-30-48-69-96)117(138-102)135-98(71-50-20-17-14-11-8-5-2)74-104(119)122-86-100-106(124-76-88-52-31-22-32-53-88)109(127-79-91-58-37-25-38-59-91)112(115(133-97)136-100)130-82-94-64-43-28-44-65-94/h22-48,52-69,97-102,106-117H,4-21,49-51,70-87H2,1-3H3/t97-,98-,99-,100-,101-,102-,106+,107+,108+,109+,110+,111+,112-,113-,114-,115-,116-,117-/m1/s1. The van der Waals surface area contributed by atoms with Crippen LogP contribution in [-0.2, 0) is 159 Å². The van der Waals surface area contributed by atoms with Crippen LogP contribution in [0.5, 0.6) is 0 Å². The van der Waals surface area contributed by atoms with Crippen molar-refractivity contribution in [1.82, 2.24) is 0 Å². The van der Waals surface area contributed by atoms with Gasteiger partial charge in [-0.2, -0.15) is 0 Å². The fourth-order valence-corrected chi connectivity index (χ4v) is 18.4. The Morgan fingerprint density at radius 2 is 0.370 bits per heavy atom. The van der Waals surface area contributed by atoms with E-state index in [0.717, 1.165) is 166 Å². The topological polar surface area (TPSA) is 217 Å². The van der Waals surface area contributed by atoms with Crippen LogP contribution in [0.3, 0.4) is 0 Å². The third kappa shape index (κ3) is 36.7. The lowest BCUT2D eigenvalue weighted by Gasteiger charge is -2.46. The normalized spacial score (nSPS) is 24.8. The highest BCUT2D eigenvalue weighted by Gasteiger charge is 2.54. The molecule has 4 saturated heterocycles. The monoisotopic (exact) mass is 1890 g/mol. The van der Waals surface area contributed by atoms with E-state index < -0.39 is 128 Å². The zero-order chi connectivity index (χ0) is 95.4. The Bertz CT molecular complexity index is 4240. The lowest BCUT2D eigenvalue weighted by Crippen LogP contribution is -2.62. The number of hydrogen-bond acceptors (Lipinski definition) is 21. The lowest BCUT2D eigenvalue weighted by atomic mass is 9.97. The fourth-order valence-electron chi connectivity index (χ4n) is 18.4. The molecule has 0 N–H and O–H groups in total. The number of unbranched alkanes of at least 4 members (excludes halogenated alkanes) is 18. The predicted octanol–water partition coefficient (Wildman–Crippen LogP) is 23.8. The minimum absolute atomic E-state index is 0.109. The third-order valence-electron chi connectivity index (χ3n) is 26.1. The van der Waals surface area contributed by atoms with Gasteiger partial charge < -0.3 is 85.3 Å². The van der Waals surface area contributed by atoms with Crippen LogP contribution in [-0.4, -0.2) is 148 Å². The number of ether oxygens (including phenoxy) is 18. The summed E-state index contributed by atoms with van der Waals surface area (Å²) in [5, 5.41) is 0. The van der Waals surface area contributed by atoms with Crippen molar-refractivity contribution in [3.8, 4) is 0 Å². The molecule has 744 valence electrons. The molecule has 4 fully saturated rings. The quantitative estimate of drug-likeness (QED) is 0.0197. The smallest absolute Gasteiger partial charge is 0.308 e. The van der Waals surface area contributed by atoms with Crippen LogP contribution < -0.4 is 0 Å². The van der Waals surface area contributed by atoms with Crippen molar-refractivity contribution >= 4 is 17.9 Å². The molecule has 0 aliphatic carbocycles. The summed E-state index contributed by atoms with van der Waals surface area (Å²) < 4.78 is 131. The van der Waals surface area contributed by atoms with Crippen molar-refractivity contribution in [3.63, 3.8) is 0 Å². The number of esters is 3. The van der Waals surface area contributed by atoms with Gasteiger partial charge in [-0.3, -0.25) is 14.4 Å². The van der Waals surface area contributed by atoms with E-state index in [1.807, 2.05) is 273 Å². The molecule has 6 bridgehead atoms. The first-order valence-corrected chi connectivity index (χ1v) is 51.4. The molecule has 4 aliphatic rings. The zero-order valence-electron chi connectivity index (χ0n) is 81.5. The van der Waals surface area contributed by atoms with Gasteiger partial charge in [0.2, 0.25) is 0 Å². The van der Waals surface area contributed by atoms with Gasteiger partial charge in [-0.1, -0.05) is 429 Å². The summed E-state index contributed by atoms with van der Waals surface area (Å²) in [5.41, 5.74) is 7.94.